The first-order chi connectivity index (χ1) is 12.7. The van der Waals surface area contributed by atoms with E-state index < -0.39 is 0 Å². The molecular formula is C21H20N2O3. The van der Waals surface area contributed by atoms with Gasteiger partial charge >= 0.3 is 0 Å². The van der Waals surface area contributed by atoms with Crippen molar-refractivity contribution in [1.29, 1.82) is 0 Å². The summed E-state index contributed by atoms with van der Waals surface area (Å²) in [4.78, 5) is 14.4. The van der Waals surface area contributed by atoms with E-state index in [1.54, 1.807) is 36.3 Å². The zero-order valence-corrected chi connectivity index (χ0v) is 14.6. The summed E-state index contributed by atoms with van der Waals surface area (Å²) in [5.74, 6) is 3.50. The van der Waals surface area contributed by atoms with Crippen LogP contribution >= 0.6 is 0 Å². The van der Waals surface area contributed by atoms with Crippen LogP contribution in [-0.4, -0.2) is 32.7 Å². The van der Waals surface area contributed by atoms with Gasteiger partial charge in [0.25, 0.3) is 5.91 Å². The highest BCUT2D eigenvalue weighted by Crippen LogP contribution is 2.30. The highest BCUT2D eigenvalue weighted by molar-refractivity contribution is 6.06. The molecule has 0 aromatic heterocycles. The van der Waals surface area contributed by atoms with Crippen LogP contribution in [-0.2, 0) is 4.79 Å². The fourth-order valence-corrected chi connectivity index (χ4v) is 2.79. The van der Waals surface area contributed by atoms with Gasteiger partial charge in [0.05, 0.1) is 18.5 Å². The van der Waals surface area contributed by atoms with Gasteiger partial charge in [-0.25, -0.2) is 0 Å². The van der Waals surface area contributed by atoms with Crippen LogP contribution in [0, 0.1) is 12.3 Å². The number of carbonyl (C=O) groups excluding carboxylic acids is 1. The number of nitrogens with one attached hydrogen (secondary N) is 1. The molecule has 3 rings (SSSR count). The lowest BCUT2D eigenvalue weighted by atomic mass is 10.1. The van der Waals surface area contributed by atoms with Gasteiger partial charge in [-0.15, -0.1) is 6.42 Å². The summed E-state index contributed by atoms with van der Waals surface area (Å²) in [7, 11) is 1.56. The minimum absolute atomic E-state index is 0.0643. The number of fused-ring (bicyclic) bond motifs is 1. The van der Waals surface area contributed by atoms with E-state index in [2.05, 4.69) is 11.2 Å². The maximum Gasteiger partial charge on any atom is 0.251 e. The van der Waals surface area contributed by atoms with E-state index in [0.717, 1.165) is 23.5 Å². The monoisotopic (exact) mass is 348 g/mol. The van der Waals surface area contributed by atoms with Gasteiger partial charge in [0.2, 0.25) is 0 Å². The second kappa shape index (κ2) is 8.13. The Morgan fingerprint density at radius 1 is 1.31 bits per heavy atom. The number of nitrogens with zero attached hydrogens (tertiary/aromatic N) is 1. The second-order valence-corrected chi connectivity index (χ2v) is 5.67. The lowest BCUT2D eigenvalue weighted by molar-refractivity contribution is -0.114. The Balaban J connectivity index is 1.76. The molecule has 1 aliphatic rings. The highest BCUT2D eigenvalue weighted by Gasteiger charge is 2.19. The van der Waals surface area contributed by atoms with Crippen LogP contribution in [0.15, 0.2) is 48.5 Å². The summed E-state index contributed by atoms with van der Waals surface area (Å²) in [6.07, 6.45) is 8.54. The molecule has 0 atom stereocenters. The molecule has 2 aromatic carbocycles. The highest BCUT2D eigenvalue weighted by atomic mass is 16.5. The smallest absolute Gasteiger partial charge is 0.251 e. The van der Waals surface area contributed by atoms with Crippen molar-refractivity contribution in [3.63, 3.8) is 0 Å². The van der Waals surface area contributed by atoms with Gasteiger partial charge in [0, 0.05) is 19.2 Å². The molecule has 0 saturated carbocycles. The molecule has 0 aliphatic carbocycles. The van der Waals surface area contributed by atoms with Gasteiger partial charge < -0.3 is 19.7 Å². The van der Waals surface area contributed by atoms with Crippen LogP contribution in [0.4, 0.5) is 11.4 Å². The van der Waals surface area contributed by atoms with Crippen molar-refractivity contribution in [3.8, 4) is 23.8 Å². The third-order valence-corrected chi connectivity index (χ3v) is 4.03. The van der Waals surface area contributed by atoms with Crippen molar-refractivity contribution >= 4 is 23.4 Å². The number of para-hydroxylation sites is 2. The SMILES string of the molecule is C#CCOc1ccc(/C=C/C(=O)N2CCNc3ccccc32)cc1OC. The quantitative estimate of drug-likeness (QED) is 0.666. The standard InChI is InChI=1S/C21H20N2O3/c1-3-14-26-19-10-8-16(15-20(19)25-2)9-11-21(24)23-13-12-22-17-6-4-5-7-18(17)23/h1,4-11,15,22H,12-14H2,2H3/b11-9+. The van der Waals surface area contributed by atoms with Gasteiger partial charge in [-0.3, -0.25) is 4.79 Å². The molecule has 5 heteroatoms. The minimum Gasteiger partial charge on any atom is -0.493 e. The molecule has 1 heterocycles. The van der Waals surface area contributed by atoms with E-state index in [9.17, 15) is 4.79 Å². The zero-order valence-electron chi connectivity index (χ0n) is 14.6. The number of hydrogen-bond acceptors (Lipinski definition) is 4. The Kier molecular flexibility index (Phi) is 5.45. The predicted octanol–water partition coefficient (Wildman–Crippen LogP) is 3.18. The molecule has 0 fully saturated rings. The minimum atomic E-state index is -0.0643. The summed E-state index contributed by atoms with van der Waals surface area (Å²) in [5.41, 5.74) is 2.70. The van der Waals surface area contributed by atoms with Gasteiger partial charge in [-0.1, -0.05) is 24.1 Å². The Morgan fingerprint density at radius 2 is 2.15 bits per heavy atom. The van der Waals surface area contributed by atoms with E-state index in [1.165, 1.54) is 0 Å². The van der Waals surface area contributed by atoms with Gasteiger partial charge in [-0.05, 0) is 35.9 Å². The van der Waals surface area contributed by atoms with Crippen LogP contribution in [0.25, 0.3) is 6.08 Å². The Bertz CT molecular complexity index is 868. The number of benzene rings is 2. The average Bonchev–Trinajstić information content (AvgIpc) is 2.70. The third kappa shape index (κ3) is 3.81. The van der Waals surface area contributed by atoms with E-state index in [0.29, 0.717) is 18.0 Å². The molecule has 2 aromatic rings. The number of hydrogen-bond donors (Lipinski definition) is 1. The number of ether oxygens (including phenoxy) is 2. The van der Waals surface area contributed by atoms with Gasteiger partial charge in [0.15, 0.2) is 11.5 Å². The summed E-state index contributed by atoms with van der Waals surface area (Å²) < 4.78 is 10.7. The van der Waals surface area contributed by atoms with Gasteiger partial charge in [0.1, 0.15) is 6.61 Å². The summed E-state index contributed by atoms with van der Waals surface area (Å²) in [6, 6.07) is 13.2. The van der Waals surface area contributed by atoms with Crippen LogP contribution in [0.1, 0.15) is 5.56 Å². The largest absolute Gasteiger partial charge is 0.493 e. The Labute approximate surface area is 153 Å². The molecular weight excluding hydrogens is 328 g/mol. The molecule has 0 radical (unpaired) electrons. The third-order valence-electron chi connectivity index (χ3n) is 4.03. The van der Waals surface area contributed by atoms with Crippen molar-refractivity contribution in [2.24, 2.45) is 0 Å². The lowest BCUT2D eigenvalue weighted by Gasteiger charge is -2.29. The molecule has 1 aliphatic heterocycles. The normalized spacial score (nSPS) is 12.8. The number of terminal acetylenes is 1. The molecule has 26 heavy (non-hydrogen) atoms. The second-order valence-electron chi connectivity index (χ2n) is 5.67. The Hall–Kier alpha value is -3.39. The topological polar surface area (TPSA) is 50.8 Å². The van der Waals surface area contributed by atoms with Crippen LogP contribution in [0.3, 0.4) is 0 Å². The number of methoxy groups -OCH3 is 1. The maximum absolute atomic E-state index is 12.6. The average molecular weight is 348 g/mol. The van der Waals surface area contributed by atoms with E-state index >= 15 is 0 Å². The first-order valence-corrected chi connectivity index (χ1v) is 8.29. The lowest BCUT2D eigenvalue weighted by Crippen LogP contribution is -2.37. The molecule has 0 bridgehead atoms. The number of amides is 1. The fourth-order valence-electron chi connectivity index (χ4n) is 2.79. The van der Waals surface area contributed by atoms with Crippen molar-refractivity contribution in [2.45, 2.75) is 0 Å². The summed E-state index contributed by atoms with van der Waals surface area (Å²) in [5, 5.41) is 3.30. The molecule has 5 nitrogen and oxygen atoms in total. The number of anilines is 2. The molecule has 1 N–H and O–H groups in total. The molecule has 0 unspecified atom stereocenters. The van der Waals surface area contributed by atoms with Crippen molar-refractivity contribution in [2.75, 3.05) is 37.0 Å². The van der Waals surface area contributed by atoms with E-state index in [-0.39, 0.29) is 12.5 Å². The van der Waals surface area contributed by atoms with Crippen molar-refractivity contribution < 1.29 is 14.3 Å². The fraction of sp³-hybridized carbons (Fsp3) is 0.190. The number of carbonyl (C=O) groups is 1. The van der Waals surface area contributed by atoms with Crippen LogP contribution < -0.4 is 19.7 Å². The predicted molar refractivity (Wildman–Crippen MR) is 104 cm³/mol. The van der Waals surface area contributed by atoms with Crippen LogP contribution in [0.5, 0.6) is 11.5 Å². The van der Waals surface area contributed by atoms with Crippen molar-refractivity contribution in [3.05, 3.63) is 54.1 Å². The number of rotatable bonds is 5. The molecule has 0 saturated heterocycles. The zero-order chi connectivity index (χ0) is 18.4. The summed E-state index contributed by atoms with van der Waals surface area (Å²) in [6.45, 7) is 1.53. The molecule has 132 valence electrons. The van der Waals surface area contributed by atoms with Crippen LogP contribution in [0.2, 0.25) is 0 Å². The summed E-state index contributed by atoms with van der Waals surface area (Å²) >= 11 is 0. The molecule has 0 spiro atoms. The first kappa shape index (κ1) is 17.4. The van der Waals surface area contributed by atoms with E-state index in [4.69, 9.17) is 15.9 Å². The van der Waals surface area contributed by atoms with Gasteiger partial charge in [-0.2, -0.15) is 0 Å². The van der Waals surface area contributed by atoms with E-state index in [1.807, 2.05) is 30.3 Å². The maximum atomic E-state index is 12.6. The molecule has 1 amide bonds. The van der Waals surface area contributed by atoms with Crippen molar-refractivity contribution in [1.82, 2.24) is 0 Å². The Morgan fingerprint density at radius 3 is 2.96 bits per heavy atom. The first-order valence-electron chi connectivity index (χ1n) is 8.29.